The molecule has 0 aliphatic carbocycles. The van der Waals surface area contributed by atoms with Crippen molar-refractivity contribution in [2.75, 3.05) is 27.9 Å². The average Bonchev–Trinajstić information content (AvgIpc) is 2.70. The Kier molecular flexibility index (Phi) is 5.46. The van der Waals surface area contributed by atoms with Crippen LogP contribution in [0.2, 0.25) is 0 Å². The standard InChI is InChI=1S/C21H23NO4/c1-24-18-7-5-4-6-15(18)8-9-21(23)22-11-10-16-12-19(25-2)20(26-3)13-17(16)14-22/h4-9,12-13H,10-11,14H2,1-3H3. The molecule has 5 nitrogen and oxygen atoms in total. The van der Waals surface area contributed by atoms with Gasteiger partial charge in [-0.25, -0.2) is 0 Å². The number of rotatable bonds is 5. The number of hydrogen-bond acceptors (Lipinski definition) is 4. The van der Waals surface area contributed by atoms with E-state index in [9.17, 15) is 4.79 Å². The summed E-state index contributed by atoms with van der Waals surface area (Å²) in [5.41, 5.74) is 3.17. The predicted molar refractivity (Wildman–Crippen MR) is 101 cm³/mol. The van der Waals surface area contributed by atoms with E-state index in [1.54, 1.807) is 33.5 Å². The second kappa shape index (κ2) is 7.95. The van der Waals surface area contributed by atoms with E-state index in [2.05, 4.69) is 0 Å². The number of carbonyl (C=O) groups is 1. The number of amides is 1. The van der Waals surface area contributed by atoms with E-state index in [4.69, 9.17) is 14.2 Å². The van der Waals surface area contributed by atoms with Gasteiger partial charge in [0.2, 0.25) is 5.91 Å². The Balaban J connectivity index is 1.76. The third-order valence-corrected chi connectivity index (χ3v) is 4.57. The van der Waals surface area contributed by atoms with Gasteiger partial charge < -0.3 is 19.1 Å². The Hall–Kier alpha value is -2.95. The van der Waals surface area contributed by atoms with Crippen LogP contribution in [0, 0.1) is 0 Å². The van der Waals surface area contributed by atoms with Gasteiger partial charge in [-0.2, -0.15) is 0 Å². The van der Waals surface area contributed by atoms with Crippen LogP contribution in [0.4, 0.5) is 0 Å². The van der Waals surface area contributed by atoms with Crippen LogP contribution in [0.1, 0.15) is 16.7 Å². The van der Waals surface area contributed by atoms with Gasteiger partial charge in [0.15, 0.2) is 11.5 Å². The normalized spacial score (nSPS) is 13.4. The quantitative estimate of drug-likeness (QED) is 0.774. The molecule has 5 heteroatoms. The molecule has 1 aliphatic heterocycles. The van der Waals surface area contributed by atoms with E-state index >= 15 is 0 Å². The molecule has 0 aromatic heterocycles. The number of para-hydroxylation sites is 1. The molecule has 0 unspecified atom stereocenters. The number of hydrogen-bond donors (Lipinski definition) is 0. The molecule has 0 N–H and O–H groups in total. The van der Waals surface area contributed by atoms with Crippen molar-refractivity contribution >= 4 is 12.0 Å². The summed E-state index contributed by atoms with van der Waals surface area (Å²) < 4.78 is 16.0. The highest BCUT2D eigenvalue weighted by atomic mass is 16.5. The molecule has 0 saturated carbocycles. The topological polar surface area (TPSA) is 48.0 Å². The maximum Gasteiger partial charge on any atom is 0.246 e. The zero-order chi connectivity index (χ0) is 18.5. The summed E-state index contributed by atoms with van der Waals surface area (Å²) in [6, 6.07) is 11.6. The van der Waals surface area contributed by atoms with Gasteiger partial charge >= 0.3 is 0 Å². The Morgan fingerprint density at radius 3 is 2.31 bits per heavy atom. The molecular formula is C21H23NO4. The molecule has 3 rings (SSSR count). The number of methoxy groups -OCH3 is 3. The first kappa shape index (κ1) is 17.9. The Morgan fingerprint density at radius 1 is 0.962 bits per heavy atom. The second-order valence-corrected chi connectivity index (χ2v) is 6.06. The molecule has 26 heavy (non-hydrogen) atoms. The lowest BCUT2D eigenvalue weighted by Crippen LogP contribution is -2.34. The largest absolute Gasteiger partial charge is 0.496 e. The van der Waals surface area contributed by atoms with Crippen LogP contribution < -0.4 is 14.2 Å². The van der Waals surface area contributed by atoms with Crippen molar-refractivity contribution in [1.82, 2.24) is 4.90 Å². The summed E-state index contributed by atoms with van der Waals surface area (Å²) in [7, 11) is 4.87. The molecule has 0 atom stereocenters. The van der Waals surface area contributed by atoms with E-state index < -0.39 is 0 Å². The van der Waals surface area contributed by atoms with E-state index in [0.717, 1.165) is 29.0 Å². The Labute approximate surface area is 153 Å². The van der Waals surface area contributed by atoms with Crippen molar-refractivity contribution < 1.29 is 19.0 Å². The fourth-order valence-corrected chi connectivity index (χ4v) is 3.14. The zero-order valence-corrected chi connectivity index (χ0v) is 15.3. The lowest BCUT2D eigenvalue weighted by molar-refractivity contribution is -0.126. The summed E-state index contributed by atoms with van der Waals surface area (Å²) in [4.78, 5) is 14.4. The van der Waals surface area contributed by atoms with E-state index in [1.165, 1.54) is 5.56 Å². The minimum absolute atomic E-state index is 0.0173. The smallest absolute Gasteiger partial charge is 0.246 e. The minimum atomic E-state index is -0.0173. The molecular weight excluding hydrogens is 330 g/mol. The summed E-state index contributed by atoms with van der Waals surface area (Å²) in [6.45, 7) is 1.24. The monoisotopic (exact) mass is 353 g/mol. The number of carbonyl (C=O) groups excluding carboxylic acids is 1. The van der Waals surface area contributed by atoms with Gasteiger partial charge in [0, 0.05) is 24.7 Å². The van der Waals surface area contributed by atoms with Gasteiger partial charge in [0.05, 0.1) is 21.3 Å². The zero-order valence-electron chi connectivity index (χ0n) is 15.3. The minimum Gasteiger partial charge on any atom is -0.496 e. The lowest BCUT2D eigenvalue weighted by atomic mass is 9.98. The van der Waals surface area contributed by atoms with Crippen molar-refractivity contribution in [2.45, 2.75) is 13.0 Å². The van der Waals surface area contributed by atoms with Crippen LogP contribution in [0.15, 0.2) is 42.5 Å². The lowest BCUT2D eigenvalue weighted by Gasteiger charge is -2.28. The number of benzene rings is 2. The van der Waals surface area contributed by atoms with Crippen molar-refractivity contribution in [3.63, 3.8) is 0 Å². The fraction of sp³-hybridized carbons (Fsp3) is 0.286. The van der Waals surface area contributed by atoms with E-state index in [1.807, 2.05) is 41.3 Å². The molecule has 2 aromatic carbocycles. The van der Waals surface area contributed by atoms with Crippen LogP contribution >= 0.6 is 0 Å². The highest BCUT2D eigenvalue weighted by Crippen LogP contribution is 2.33. The van der Waals surface area contributed by atoms with Gasteiger partial charge in [0.1, 0.15) is 5.75 Å². The van der Waals surface area contributed by atoms with Crippen LogP contribution in [0.3, 0.4) is 0 Å². The highest BCUT2D eigenvalue weighted by Gasteiger charge is 2.21. The summed E-state index contributed by atoms with van der Waals surface area (Å²) >= 11 is 0. The van der Waals surface area contributed by atoms with Crippen LogP contribution in [0.5, 0.6) is 17.2 Å². The first-order valence-electron chi connectivity index (χ1n) is 8.50. The Bertz CT molecular complexity index is 829. The van der Waals surface area contributed by atoms with Crippen molar-refractivity contribution in [3.05, 3.63) is 59.2 Å². The molecule has 136 valence electrons. The third-order valence-electron chi connectivity index (χ3n) is 4.57. The van der Waals surface area contributed by atoms with Gasteiger partial charge in [-0.1, -0.05) is 18.2 Å². The van der Waals surface area contributed by atoms with Gasteiger partial charge in [-0.15, -0.1) is 0 Å². The van der Waals surface area contributed by atoms with Crippen LogP contribution in [0.25, 0.3) is 6.08 Å². The highest BCUT2D eigenvalue weighted by molar-refractivity contribution is 5.92. The van der Waals surface area contributed by atoms with Crippen molar-refractivity contribution in [1.29, 1.82) is 0 Å². The second-order valence-electron chi connectivity index (χ2n) is 6.06. The van der Waals surface area contributed by atoms with Crippen LogP contribution in [-0.2, 0) is 17.8 Å². The molecule has 1 aliphatic rings. The van der Waals surface area contributed by atoms with Gasteiger partial charge in [-0.3, -0.25) is 4.79 Å². The molecule has 1 amide bonds. The molecule has 0 saturated heterocycles. The van der Waals surface area contributed by atoms with Crippen molar-refractivity contribution in [3.8, 4) is 17.2 Å². The van der Waals surface area contributed by atoms with E-state index in [0.29, 0.717) is 18.8 Å². The first-order chi connectivity index (χ1) is 12.7. The molecule has 0 spiro atoms. The Morgan fingerprint density at radius 2 is 1.62 bits per heavy atom. The molecule has 0 fully saturated rings. The maximum atomic E-state index is 12.6. The number of fused-ring (bicyclic) bond motifs is 1. The average molecular weight is 353 g/mol. The van der Waals surface area contributed by atoms with Gasteiger partial charge in [-0.05, 0) is 41.8 Å². The van der Waals surface area contributed by atoms with E-state index in [-0.39, 0.29) is 5.91 Å². The van der Waals surface area contributed by atoms with Crippen LogP contribution in [-0.4, -0.2) is 38.7 Å². The first-order valence-corrected chi connectivity index (χ1v) is 8.50. The van der Waals surface area contributed by atoms with Crippen molar-refractivity contribution in [2.24, 2.45) is 0 Å². The molecule has 2 aromatic rings. The number of ether oxygens (including phenoxy) is 3. The summed E-state index contributed by atoms with van der Waals surface area (Å²) in [5, 5.41) is 0. The SMILES string of the molecule is COc1ccccc1C=CC(=O)N1CCc2cc(OC)c(OC)cc2C1. The molecule has 0 bridgehead atoms. The fourth-order valence-electron chi connectivity index (χ4n) is 3.14. The maximum absolute atomic E-state index is 12.6. The third kappa shape index (κ3) is 3.67. The summed E-state index contributed by atoms with van der Waals surface area (Å²) in [5.74, 6) is 2.14. The predicted octanol–water partition coefficient (Wildman–Crippen LogP) is 3.31. The molecule has 1 heterocycles. The van der Waals surface area contributed by atoms with Gasteiger partial charge in [0.25, 0.3) is 0 Å². The number of nitrogens with zero attached hydrogens (tertiary/aromatic N) is 1. The molecule has 0 radical (unpaired) electrons. The summed E-state index contributed by atoms with van der Waals surface area (Å²) in [6.07, 6.45) is 4.19.